The summed E-state index contributed by atoms with van der Waals surface area (Å²) in [4.78, 5) is 32.3. The third-order valence-electron chi connectivity index (χ3n) is 6.38. The van der Waals surface area contributed by atoms with Crippen molar-refractivity contribution in [2.24, 2.45) is 5.92 Å². The van der Waals surface area contributed by atoms with E-state index >= 15 is 0 Å². The van der Waals surface area contributed by atoms with Gasteiger partial charge in [-0.15, -0.1) is 0 Å². The number of fused-ring (bicyclic) bond motifs is 1. The Bertz CT molecular complexity index is 1450. The summed E-state index contributed by atoms with van der Waals surface area (Å²) in [5.74, 6) is 0.0467. The van der Waals surface area contributed by atoms with Crippen molar-refractivity contribution in [3.05, 3.63) is 59.6 Å². The Hall–Kier alpha value is -3.96. The molecule has 1 fully saturated rings. The van der Waals surface area contributed by atoms with Crippen LogP contribution in [0.5, 0.6) is 5.75 Å². The average molecular weight is 524 g/mol. The van der Waals surface area contributed by atoms with Crippen molar-refractivity contribution in [2.45, 2.75) is 19.4 Å². The van der Waals surface area contributed by atoms with Crippen molar-refractivity contribution in [1.29, 1.82) is 0 Å². The van der Waals surface area contributed by atoms with Gasteiger partial charge in [0.2, 0.25) is 5.91 Å². The summed E-state index contributed by atoms with van der Waals surface area (Å²) >= 11 is 6.27. The first-order valence-corrected chi connectivity index (χ1v) is 12.2. The minimum Gasteiger partial charge on any atom is -0.496 e. The van der Waals surface area contributed by atoms with E-state index in [1.54, 1.807) is 47.8 Å². The topological polar surface area (TPSA) is 127 Å². The highest BCUT2D eigenvalue weighted by molar-refractivity contribution is 6.31. The van der Waals surface area contributed by atoms with Crippen molar-refractivity contribution >= 4 is 34.7 Å². The first-order valence-electron chi connectivity index (χ1n) is 11.9. The van der Waals surface area contributed by atoms with Crippen LogP contribution in [0, 0.1) is 5.92 Å². The van der Waals surface area contributed by atoms with Crippen molar-refractivity contribution in [1.82, 2.24) is 29.3 Å². The monoisotopic (exact) mass is 523 g/mol. The molecule has 3 aromatic heterocycles. The second kappa shape index (κ2) is 10.6. The van der Waals surface area contributed by atoms with Crippen LogP contribution in [0.3, 0.4) is 0 Å². The number of carbonyl (C=O) groups is 2. The standard InChI is InChI=1S/C25H26ClN7O4/c1-37-21-6-5-17(26)10-18(21)23-20(29-25(36)19-11-28-33-9-3-7-27-24(19)33)13-32(30-23)14-22(35)31-8-2-4-16(12-31)15-34/h3,5-7,9-11,13,16,34H,2,4,8,12,14-15H2,1H3,(H,29,36). The Morgan fingerprint density at radius 3 is 3.00 bits per heavy atom. The predicted molar refractivity (Wildman–Crippen MR) is 137 cm³/mol. The maximum Gasteiger partial charge on any atom is 0.261 e. The number of halogens is 1. The van der Waals surface area contributed by atoms with Crippen LogP contribution in [-0.4, -0.2) is 73.0 Å². The zero-order valence-corrected chi connectivity index (χ0v) is 20.9. The fourth-order valence-electron chi connectivity index (χ4n) is 4.51. The van der Waals surface area contributed by atoms with Crippen LogP contribution in [0.15, 0.2) is 49.1 Å². The summed E-state index contributed by atoms with van der Waals surface area (Å²) < 4.78 is 8.51. The molecule has 12 heteroatoms. The Labute approximate surface area is 217 Å². The number of amides is 2. The number of likely N-dealkylation sites (tertiary alicyclic amines) is 1. The molecule has 0 bridgehead atoms. The van der Waals surface area contributed by atoms with Crippen LogP contribution in [0.2, 0.25) is 5.02 Å². The number of aliphatic hydroxyl groups excluding tert-OH is 1. The Morgan fingerprint density at radius 2 is 2.19 bits per heavy atom. The van der Waals surface area contributed by atoms with E-state index in [9.17, 15) is 14.7 Å². The van der Waals surface area contributed by atoms with Crippen molar-refractivity contribution in [2.75, 3.05) is 32.1 Å². The SMILES string of the molecule is COc1ccc(Cl)cc1-c1nn(CC(=O)N2CCCC(CO)C2)cc1NC(=O)c1cnn2cccnc12. The molecule has 37 heavy (non-hydrogen) atoms. The summed E-state index contributed by atoms with van der Waals surface area (Å²) in [6.45, 7) is 1.18. The molecule has 2 N–H and O–H groups in total. The van der Waals surface area contributed by atoms with Crippen LogP contribution in [0.25, 0.3) is 16.9 Å². The van der Waals surface area contributed by atoms with E-state index in [1.165, 1.54) is 22.5 Å². The van der Waals surface area contributed by atoms with E-state index in [2.05, 4.69) is 20.5 Å². The van der Waals surface area contributed by atoms with E-state index in [4.69, 9.17) is 16.3 Å². The van der Waals surface area contributed by atoms with E-state index in [-0.39, 0.29) is 30.5 Å². The van der Waals surface area contributed by atoms with Gasteiger partial charge < -0.3 is 20.1 Å². The van der Waals surface area contributed by atoms with Crippen LogP contribution in [0.1, 0.15) is 23.2 Å². The number of piperidine rings is 1. The molecule has 0 saturated carbocycles. The van der Waals surface area contributed by atoms with E-state index in [1.807, 2.05) is 0 Å². The summed E-state index contributed by atoms with van der Waals surface area (Å²) in [5, 5.41) is 21.7. The van der Waals surface area contributed by atoms with Gasteiger partial charge in [0.25, 0.3) is 5.91 Å². The lowest BCUT2D eigenvalue weighted by molar-refractivity contribution is -0.134. The highest BCUT2D eigenvalue weighted by Gasteiger charge is 2.25. The van der Waals surface area contributed by atoms with Gasteiger partial charge in [-0.25, -0.2) is 9.50 Å². The van der Waals surface area contributed by atoms with Gasteiger partial charge in [-0.3, -0.25) is 14.3 Å². The number of hydrogen-bond donors (Lipinski definition) is 2. The van der Waals surface area contributed by atoms with Crippen LogP contribution >= 0.6 is 11.6 Å². The Balaban J connectivity index is 1.48. The second-order valence-corrected chi connectivity index (χ2v) is 9.30. The minimum atomic E-state index is -0.427. The largest absolute Gasteiger partial charge is 0.496 e. The van der Waals surface area contributed by atoms with Gasteiger partial charge in [-0.2, -0.15) is 10.2 Å². The lowest BCUT2D eigenvalue weighted by Crippen LogP contribution is -2.42. The van der Waals surface area contributed by atoms with Crippen molar-refractivity contribution in [3.8, 4) is 17.0 Å². The first-order chi connectivity index (χ1) is 18.0. The summed E-state index contributed by atoms with van der Waals surface area (Å²) in [7, 11) is 1.53. The number of benzene rings is 1. The van der Waals surface area contributed by atoms with Crippen LogP contribution in [-0.2, 0) is 11.3 Å². The number of hydrogen-bond acceptors (Lipinski definition) is 7. The molecule has 0 spiro atoms. The summed E-state index contributed by atoms with van der Waals surface area (Å²) in [5.41, 5.74) is 2.04. The average Bonchev–Trinajstić information content (AvgIpc) is 3.52. The maximum atomic E-state index is 13.2. The molecule has 4 heterocycles. The zero-order chi connectivity index (χ0) is 25.9. The van der Waals surface area contributed by atoms with E-state index in [0.717, 1.165) is 12.8 Å². The number of rotatable bonds is 7. The summed E-state index contributed by atoms with van der Waals surface area (Å²) in [6.07, 6.45) is 8.08. The fraction of sp³-hybridized carbons (Fsp3) is 0.320. The van der Waals surface area contributed by atoms with E-state index < -0.39 is 5.91 Å². The first kappa shape index (κ1) is 24.7. The molecule has 5 rings (SSSR count). The van der Waals surface area contributed by atoms with Crippen molar-refractivity contribution < 1.29 is 19.4 Å². The zero-order valence-electron chi connectivity index (χ0n) is 20.2. The molecule has 1 aliphatic heterocycles. The third-order valence-corrected chi connectivity index (χ3v) is 6.61. The van der Waals surface area contributed by atoms with Gasteiger partial charge in [-0.05, 0) is 43.0 Å². The molecule has 1 saturated heterocycles. The number of aromatic nitrogens is 5. The number of methoxy groups -OCH3 is 1. The molecular formula is C25H26ClN7O4. The molecule has 2 amide bonds. The molecular weight excluding hydrogens is 498 g/mol. The van der Waals surface area contributed by atoms with Gasteiger partial charge in [0.15, 0.2) is 5.65 Å². The number of nitrogens with one attached hydrogen (secondary N) is 1. The fourth-order valence-corrected chi connectivity index (χ4v) is 4.69. The molecule has 1 unspecified atom stereocenters. The molecule has 0 aliphatic carbocycles. The highest BCUT2D eigenvalue weighted by atomic mass is 35.5. The van der Waals surface area contributed by atoms with Crippen LogP contribution < -0.4 is 10.1 Å². The molecule has 1 aliphatic rings. The van der Waals surface area contributed by atoms with Gasteiger partial charge in [0.1, 0.15) is 23.6 Å². The quantitative estimate of drug-likeness (QED) is 0.381. The molecule has 11 nitrogen and oxygen atoms in total. The molecule has 4 aromatic rings. The number of ether oxygens (including phenoxy) is 1. The van der Waals surface area contributed by atoms with E-state index in [0.29, 0.717) is 46.5 Å². The van der Waals surface area contributed by atoms with Crippen molar-refractivity contribution in [3.63, 3.8) is 0 Å². The Kier molecular flexibility index (Phi) is 7.06. The maximum absolute atomic E-state index is 13.2. The molecule has 1 atom stereocenters. The number of nitrogens with zero attached hydrogens (tertiary/aromatic N) is 6. The summed E-state index contributed by atoms with van der Waals surface area (Å²) in [6, 6.07) is 6.82. The number of carbonyl (C=O) groups excluding carboxylic acids is 2. The lowest BCUT2D eigenvalue weighted by atomic mass is 9.99. The lowest BCUT2D eigenvalue weighted by Gasteiger charge is -2.31. The minimum absolute atomic E-state index is 0.0256. The molecule has 192 valence electrons. The highest BCUT2D eigenvalue weighted by Crippen LogP contribution is 2.36. The smallest absolute Gasteiger partial charge is 0.261 e. The van der Waals surface area contributed by atoms with Gasteiger partial charge >= 0.3 is 0 Å². The normalized spacial score (nSPS) is 15.6. The molecule has 1 aromatic carbocycles. The molecule has 0 radical (unpaired) electrons. The van der Waals surface area contributed by atoms with Crippen LogP contribution in [0.4, 0.5) is 5.69 Å². The van der Waals surface area contributed by atoms with Gasteiger partial charge in [0.05, 0.1) is 19.0 Å². The van der Waals surface area contributed by atoms with Gasteiger partial charge in [0, 0.05) is 48.9 Å². The number of anilines is 1. The third kappa shape index (κ3) is 5.13. The predicted octanol–water partition coefficient (Wildman–Crippen LogP) is 2.74. The number of aliphatic hydroxyl groups is 1. The Morgan fingerprint density at radius 1 is 1.32 bits per heavy atom. The second-order valence-electron chi connectivity index (χ2n) is 8.86. The van der Waals surface area contributed by atoms with Gasteiger partial charge in [-0.1, -0.05) is 11.6 Å².